The van der Waals surface area contributed by atoms with Gasteiger partial charge in [0, 0.05) is 13.6 Å². The number of methoxy groups -OCH3 is 1. The van der Waals surface area contributed by atoms with Crippen molar-refractivity contribution in [1.29, 1.82) is 0 Å². The van der Waals surface area contributed by atoms with Gasteiger partial charge in [-0.25, -0.2) is 4.68 Å². The summed E-state index contributed by atoms with van der Waals surface area (Å²) in [6, 6.07) is 3.54. The number of amides is 1. The van der Waals surface area contributed by atoms with Gasteiger partial charge in [-0.1, -0.05) is 0 Å². The number of aromatic nitrogens is 2. The molecule has 1 amide bonds. The van der Waals surface area contributed by atoms with Gasteiger partial charge >= 0.3 is 0 Å². The molecule has 118 valence electrons. The molecule has 0 bridgehead atoms. The number of nitrogens with zero attached hydrogens (tertiary/aromatic N) is 3. The van der Waals surface area contributed by atoms with Crippen LogP contribution in [0.5, 0.6) is 5.88 Å². The van der Waals surface area contributed by atoms with Crippen molar-refractivity contribution in [2.45, 2.75) is 32.7 Å². The van der Waals surface area contributed by atoms with E-state index < -0.39 is 0 Å². The summed E-state index contributed by atoms with van der Waals surface area (Å²) in [7, 11) is 3.49. The second-order valence-electron chi connectivity index (χ2n) is 5.70. The van der Waals surface area contributed by atoms with Crippen LogP contribution in [-0.4, -0.2) is 34.2 Å². The summed E-state index contributed by atoms with van der Waals surface area (Å²) < 4.78 is 12.7. The second-order valence-corrected chi connectivity index (χ2v) is 5.70. The van der Waals surface area contributed by atoms with Crippen molar-refractivity contribution in [3.05, 3.63) is 34.9 Å². The summed E-state index contributed by atoms with van der Waals surface area (Å²) in [6.07, 6.45) is 1.88. The van der Waals surface area contributed by atoms with Crippen molar-refractivity contribution < 1.29 is 13.9 Å². The Balaban J connectivity index is 1.95. The lowest BCUT2D eigenvalue weighted by molar-refractivity contribution is 0.0700. The van der Waals surface area contributed by atoms with Gasteiger partial charge in [0.2, 0.25) is 5.88 Å². The Labute approximate surface area is 129 Å². The third-order valence-corrected chi connectivity index (χ3v) is 4.21. The van der Waals surface area contributed by atoms with E-state index in [0.717, 1.165) is 42.3 Å². The monoisotopic (exact) mass is 303 g/mol. The molecule has 0 unspecified atom stereocenters. The first-order chi connectivity index (χ1) is 10.5. The van der Waals surface area contributed by atoms with E-state index in [-0.39, 0.29) is 11.9 Å². The minimum atomic E-state index is -0.0686. The molecule has 1 atom stereocenters. The molecule has 0 N–H and O–H groups in total. The molecule has 2 aromatic rings. The average Bonchev–Trinajstić information content (AvgIpc) is 3.16. The zero-order chi connectivity index (χ0) is 15.9. The Bertz CT molecular complexity index is 702. The van der Waals surface area contributed by atoms with E-state index in [1.54, 1.807) is 17.9 Å². The van der Waals surface area contributed by atoms with Gasteiger partial charge in [-0.3, -0.25) is 4.79 Å². The number of carbonyl (C=O) groups excluding carboxylic acids is 1. The Morgan fingerprint density at radius 1 is 1.41 bits per heavy atom. The Morgan fingerprint density at radius 3 is 2.82 bits per heavy atom. The third-order valence-electron chi connectivity index (χ3n) is 4.21. The maximum atomic E-state index is 12.7. The van der Waals surface area contributed by atoms with Gasteiger partial charge < -0.3 is 14.1 Å². The molecular formula is C16H21N3O3. The highest BCUT2D eigenvalue weighted by Gasteiger charge is 2.36. The molecule has 6 heteroatoms. The van der Waals surface area contributed by atoms with Crippen molar-refractivity contribution in [2.75, 3.05) is 13.7 Å². The van der Waals surface area contributed by atoms with Crippen LogP contribution in [0, 0.1) is 13.8 Å². The molecule has 2 aromatic heterocycles. The van der Waals surface area contributed by atoms with Gasteiger partial charge in [-0.2, -0.15) is 5.10 Å². The number of ether oxygens (including phenoxy) is 1. The van der Waals surface area contributed by atoms with Crippen LogP contribution >= 0.6 is 0 Å². The smallest absolute Gasteiger partial charge is 0.290 e. The highest BCUT2D eigenvalue weighted by molar-refractivity contribution is 5.92. The zero-order valence-corrected chi connectivity index (χ0v) is 13.4. The highest BCUT2D eigenvalue weighted by atomic mass is 16.5. The number of rotatable bonds is 3. The summed E-state index contributed by atoms with van der Waals surface area (Å²) >= 11 is 0. The topological polar surface area (TPSA) is 60.5 Å². The molecule has 0 spiro atoms. The predicted octanol–water partition coefficient (Wildman–Crippen LogP) is 2.62. The van der Waals surface area contributed by atoms with Crippen LogP contribution in [0.2, 0.25) is 0 Å². The van der Waals surface area contributed by atoms with E-state index in [1.165, 1.54) is 0 Å². The second kappa shape index (κ2) is 5.51. The van der Waals surface area contributed by atoms with Gasteiger partial charge in [0.1, 0.15) is 5.76 Å². The van der Waals surface area contributed by atoms with Crippen LogP contribution in [-0.2, 0) is 7.05 Å². The van der Waals surface area contributed by atoms with Gasteiger partial charge in [-0.15, -0.1) is 0 Å². The number of aryl methyl sites for hydroxylation is 3. The molecule has 0 saturated carbocycles. The fraction of sp³-hybridized carbons (Fsp3) is 0.500. The molecule has 0 radical (unpaired) electrons. The first-order valence-electron chi connectivity index (χ1n) is 7.47. The summed E-state index contributed by atoms with van der Waals surface area (Å²) in [4.78, 5) is 14.6. The number of likely N-dealkylation sites (tertiary alicyclic amines) is 1. The fourth-order valence-electron chi connectivity index (χ4n) is 3.28. The van der Waals surface area contributed by atoms with Crippen LogP contribution in [0.4, 0.5) is 0 Å². The van der Waals surface area contributed by atoms with E-state index in [9.17, 15) is 4.79 Å². The molecule has 1 aliphatic rings. The van der Waals surface area contributed by atoms with Gasteiger partial charge in [0.25, 0.3) is 5.91 Å². The highest BCUT2D eigenvalue weighted by Crippen LogP contribution is 2.39. The number of furan rings is 1. The molecule has 22 heavy (non-hydrogen) atoms. The van der Waals surface area contributed by atoms with Gasteiger partial charge in [0.05, 0.1) is 24.4 Å². The third kappa shape index (κ3) is 2.28. The Hall–Kier alpha value is -2.24. The van der Waals surface area contributed by atoms with Gasteiger partial charge in [-0.05, 0) is 38.8 Å². The average molecular weight is 303 g/mol. The number of hydrogen-bond acceptors (Lipinski definition) is 4. The SMILES string of the molecule is COc1c([C@@H]2CCCN2C(=O)c2ccc(C)o2)c(C)nn1C. The molecule has 1 saturated heterocycles. The minimum absolute atomic E-state index is 0.0124. The summed E-state index contributed by atoms with van der Waals surface area (Å²) in [6.45, 7) is 4.52. The molecule has 6 nitrogen and oxygen atoms in total. The summed E-state index contributed by atoms with van der Waals surface area (Å²) in [5.41, 5.74) is 1.90. The van der Waals surface area contributed by atoms with E-state index in [4.69, 9.17) is 9.15 Å². The van der Waals surface area contributed by atoms with Crippen molar-refractivity contribution in [1.82, 2.24) is 14.7 Å². The van der Waals surface area contributed by atoms with Gasteiger partial charge in [0.15, 0.2) is 5.76 Å². The van der Waals surface area contributed by atoms with Crippen LogP contribution < -0.4 is 4.74 Å². The normalized spacial score (nSPS) is 18.0. The zero-order valence-electron chi connectivity index (χ0n) is 13.4. The first-order valence-corrected chi connectivity index (χ1v) is 7.47. The molecule has 3 rings (SSSR count). The van der Waals surface area contributed by atoms with Crippen LogP contribution in [0.15, 0.2) is 16.5 Å². The van der Waals surface area contributed by atoms with Crippen molar-refractivity contribution in [3.63, 3.8) is 0 Å². The molecular weight excluding hydrogens is 282 g/mol. The standard InChI is InChI=1S/C16H21N3O3/c1-10-7-8-13(22-10)15(20)19-9-5-6-12(19)14-11(2)17-18(3)16(14)21-4/h7-8,12H,5-6,9H2,1-4H3/t12-/m0/s1. The van der Waals surface area contributed by atoms with Crippen LogP contribution in [0.3, 0.4) is 0 Å². The van der Waals surface area contributed by atoms with Crippen LogP contribution in [0.25, 0.3) is 0 Å². The van der Waals surface area contributed by atoms with E-state index in [1.807, 2.05) is 31.9 Å². The van der Waals surface area contributed by atoms with Crippen molar-refractivity contribution >= 4 is 5.91 Å². The van der Waals surface area contributed by atoms with E-state index in [2.05, 4.69) is 5.10 Å². The Kier molecular flexibility index (Phi) is 3.68. The summed E-state index contributed by atoms with van der Waals surface area (Å²) in [5, 5.41) is 4.43. The Morgan fingerprint density at radius 2 is 2.18 bits per heavy atom. The molecule has 0 aliphatic carbocycles. The predicted molar refractivity (Wildman–Crippen MR) is 81.0 cm³/mol. The van der Waals surface area contributed by atoms with E-state index in [0.29, 0.717) is 5.76 Å². The number of hydrogen-bond donors (Lipinski definition) is 0. The van der Waals surface area contributed by atoms with Crippen molar-refractivity contribution in [2.24, 2.45) is 7.05 Å². The molecule has 3 heterocycles. The largest absolute Gasteiger partial charge is 0.481 e. The molecule has 1 aliphatic heterocycles. The lowest BCUT2D eigenvalue weighted by Crippen LogP contribution is -2.30. The quantitative estimate of drug-likeness (QED) is 0.874. The van der Waals surface area contributed by atoms with E-state index >= 15 is 0 Å². The lowest BCUT2D eigenvalue weighted by Gasteiger charge is -2.24. The minimum Gasteiger partial charge on any atom is -0.481 e. The molecule has 0 aromatic carbocycles. The maximum absolute atomic E-state index is 12.7. The van der Waals surface area contributed by atoms with Crippen LogP contribution in [0.1, 0.15) is 46.5 Å². The fourth-order valence-corrected chi connectivity index (χ4v) is 3.28. The summed E-state index contributed by atoms with van der Waals surface area (Å²) in [5.74, 6) is 1.79. The lowest BCUT2D eigenvalue weighted by atomic mass is 10.0. The maximum Gasteiger partial charge on any atom is 0.290 e. The molecule has 1 fully saturated rings. The van der Waals surface area contributed by atoms with Crippen molar-refractivity contribution in [3.8, 4) is 5.88 Å². The number of carbonyl (C=O) groups is 1. The first kappa shape index (κ1) is 14.7.